The van der Waals surface area contributed by atoms with Crippen LogP contribution in [0.1, 0.15) is 19.4 Å². The molecular formula is C14H20BrNO. The van der Waals surface area contributed by atoms with Crippen LogP contribution < -0.4 is 0 Å². The second kappa shape index (κ2) is 5.98. The molecule has 0 aliphatic carbocycles. The van der Waals surface area contributed by atoms with E-state index in [0.29, 0.717) is 12.2 Å². The van der Waals surface area contributed by atoms with Gasteiger partial charge in [-0.15, -0.1) is 0 Å². The van der Waals surface area contributed by atoms with E-state index in [-0.39, 0.29) is 0 Å². The molecule has 0 amide bonds. The van der Waals surface area contributed by atoms with E-state index in [2.05, 4.69) is 58.9 Å². The van der Waals surface area contributed by atoms with Crippen LogP contribution in [0.25, 0.3) is 0 Å². The minimum absolute atomic E-state index is 0.362. The summed E-state index contributed by atoms with van der Waals surface area (Å²) < 4.78 is 6.90. The highest BCUT2D eigenvalue weighted by atomic mass is 79.9. The maximum atomic E-state index is 5.74. The maximum absolute atomic E-state index is 5.74. The van der Waals surface area contributed by atoms with Crippen molar-refractivity contribution >= 4 is 15.9 Å². The minimum Gasteiger partial charge on any atom is -0.373 e. The molecule has 0 spiro atoms. The zero-order valence-corrected chi connectivity index (χ0v) is 12.1. The van der Waals surface area contributed by atoms with E-state index in [1.807, 2.05) is 0 Å². The molecule has 2 rings (SSSR count). The summed E-state index contributed by atoms with van der Waals surface area (Å²) in [6.45, 7) is 7.54. The number of rotatable bonds is 3. The number of morpholine rings is 1. The largest absolute Gasteiger partial charge is 0.373 e. The third kappa shape index (κ3) is 4.09. The Bertz CT molecular complexity index is 359. The Morgan fingerprint density at radius 3 is 2.65 bits per heavy atom. The highest BCUT2D eigenvalue weighted by Crippen LogP contribution is 2.14. The fraction of sp³-hybridized carbons (Fsp3) is 0.571. The second-order valence-electron chi connectivity index (χ2n) is 4.90. The van der Waals surface area contributed by atoms with Crippen LogP contribution in [0.4, 0.5) is 0 Å². The first-order chi connectivity index (χ1) is 8.13. The number of ether oxygens (including phenoxy) is 1. The van der Waals surface area contributed by atoms with Crippen molar-refractivity contribution in [2.45, 2.75) is 32.5 Å². The third-order valence-corrected chi connectivity index (χ3v) is 3.59. The average molecular weight is 298 g/mol. The first kappa shape index (κ1) is 13.1. The molecule has 2 atom stereocenters. The van der Waals surface area contributed by atoms with Gasteiger partial charge in [0.1, 0.15) is 0 Å². The average Bonchev–Trinajstić information content (AvgIpc) is 2.25. The van der Waals surface area contributed by atoms with Crippen LogP contribution in [0.2, 0.25) is 0 Å². The molecule has 17 heavy (non-hydrogen) atoms. The molecule has 0 saturated carbocycles. The number of hydrogen-bond acceptors (Lipinski definition) is 2. The van der Waals surface area contributed by atoms with E-state index >= 15 is 0 Å². The van der Waals surface area contributed by atoms with Gasteiger partial charge in [0.2, 0.25) is 0 Å². The molecular weight excluding hydrogens is 278 g/mol. The van der Waals surface area contributed by atoms with Crippen LogP contribution in [0.3, 0.4) is 0 Å². The topological polar surface area (TPSA) is 12.5 Å². The molecule has 1 aliphatic heterocycles. The van der Waals surface area contributed by atoms with Gasteiger partial charge in [0, 0.05) is 24.1 Å². The molecule has 0 bridgehead atoms. The summed E-state index contributed by atoms with van der Waals surface area (Å²) in [4.78, 5) is 2.50. The van der Waals surface area contributed by atoms with Crippen molar-refractivity contribution in [3.8, 4) is 0 Å². The third-order valence-electron chi connectivity index (χ3n) is 3.10. The molecule has 1 heterocycles. The molecule has 94 valence electrons. The first-order valence-electron chi connectivity index (χ1n) is 6.26. The van der Waals surface area contributed by atoms with E-state index in [9.17, 15) is 0 Å². The van der Waals surface area contributed by atoms with Crippen molar-refractivity contribution in [3.63, 3.8) is 0 Å². The van der Waals surface area contributed by atoms with E-state index in [1.165, 1.54) is 10.0 Å². The molecule has 1 aromatic carbocycles. The van der Waals surface area contributed by atoms with Crippen LogP contribution in [0.15, 0.2) is 28.7 Å². The molecule has 0 unspecified atom stereocenters. The smallest absolute Gasteiger partial charge is 0.0678 e. The molecule has 1 aliphatic rings. The standard InChI is InChI=1S/C14H20BrNO/c1-11-9-16(10-12(2)17-11)7-6-13-4-3-5-14(15)8-13/h3-5,8,11-12H,6-7,9-10H2,1-2H3/t11-,12-/m1/s1. The Morgan fingerprint density at radius 1 is 1.29 bits per heavy atom. The number of hydrogen-bond donors (Lipinski definition) is 0. The van der Waals surface area contributed by atoms with Crippen LogP contribution in [-0.2, 0) is 11.2 Å². The van der Waals surface area contributed by atoms with Gasteiger partial charge >= 0.3 is 0 Å². The van der Waals surface area contributed by atoms with Gasteiger partial charge < -0.3 is 4.74 Å². The van der Waals surface area contributed by atoms with Crippen molar-refractivity contribution in [2.75, 3.05) is 19.6 Å². The molecule has 1 aromatic rings. The first-order valence-corrected chi connectivity index (χ1v) is 7.05. The number of benzene rings is 1. The molecule has 0 aromatic heterocycles. The molecule has 0 radical (unpaired) electrons. The van der Waals surface area contributed by atoms with E-state index in [1.54, 1.807) is 0 Å². The normalized spacial score (nSPS) is 26.1. The predicted molar refractivity (Wildman–Crippen MR) is 74.3 cm³/mol. The van der Waals surface area contributed by atoms with E-state index < -0.39 is 0 Å². The lowest BCUT2D eigenvalue weighted by Gasteiger charge is -2.35. The van der Waals surface area contributed by atoms with Crippen molar-refractivity contribution in [1.29, 1.82) is 0 Å². The van der Waals surface area contributed by atoms with Gasteiger partial charge in [0.05, 0.1) is 12.2 Å². The SMILES string of the molecule is C[C@@H]1CN(CCc2cccc(Br)c2)C[C@@H](C)O1. The van der Waals surface area contributed by atoms with Gasteiger partial charge in [0.25, 0.3) is 0 Å². The number of nitrogens with zero attached hydrogens (tertiary/aromatic N) is 1. The Hall–Kier alpha value is -0.380. The summed E-state index contributed by atoms with van der Waals surface area (Å²) >= 11 is 3.51. The maximum Gasteiger partial charge on any atom is 0.0678 e. The summed E-state index contributed by atoms with van der Waals surface area (Å²) in [6.07, 6.45) is 1.83. The lowest BCUT2D eigenvalue weighted by atomic mass is 10.1. The Kier molecular flexibility index (Phi) is 4.60. The fourth-order valence-electron chi connectivity index (χ4n) is 2.45. The van der Waals surface area contributed by atoms with Crippen LogP contribution in [-0.4, -0.2) is 36.7 Å². The van der Waals surface area contributed by atoms with E-state index in [0.717, 1.165) is 26.1 Å². The lowest BCUT2D eigenvalue weighted by Crippen LogP contribution is -2.46. The summed E-state index contributed by atoms with van der Waals surface area (Å²) in [7, 11) is 0. The Balaban J connectivity index is 1.85. The molecule has 3 heteroatoms. The van der Waals surface area contributed by atoms with E-state index in [4.69, 9.17) is 4.74 Å². The lowest BCUT2D eigenvalue weighted by molar-refractivity contribution is -0.0675. The summed E-state index contributed by atoms with van der Waals surface area (Å²) in [5, 5.41) is 0. The predicted octanol–water partition coefficient (Wildman–Crippen LogP) is 3.10. The highest BCUT2D eigenvalue weighted by molar-refractivity contribution is 9.10. The van der Waals surface area contributed by atoms with Crippen molar-refractivity contribution in [1.82, 2.24) is 4.90 Å². The summed E-state index contributed by atoms with van der Waals surface area (Å²) in [5.74, 6) is 0. The van der Waals surface area contributed by atoms with Crippen molar-refractivity contribution in [3.05, 3.63) is 34.3 Å². The van der Waals surface area contributed by atoms with Crippen LogP contribution in [0, 0.1) is 0 Å². The zero-order chi connectivity index (χ0) is 12.3. The minimum atomic E-state index is 0.362. The van der Waals surface area contributed by atoms with Gasteiger partial charge in [-0.25, -0.2) is 0 Å². The van der Waals surface area contributed by atoms with Gasteiger partial charge in [-0.05, 0) is 38.0 Å². The molecule has 1 fully saturated rings. The fourth-order valence-corrected chi connectivity index (χ4v) is 2.89. The molecule has 1 saturated heterocycles. The zero-order valence-electron chi connectivity index (χ0n) is 10.5. The van der Waals surface area contributed by atoms with Crippen molar-refractivity contribution < 1.29 is 4.74 Å². The van der Waals surface area contributed by atoms with Crippen molar-refractivity contribution in [2.24, 2.45) is 0 Å². The summed E-state index contributed by atoms with van der Waals surface area (Å²) in [5.41, 5.74) is 1.39. The van der Waals surface area contributed by atoms with Crippen LogP contribution in [0.5, 0.6) is 0 Å². The summed E-state index contributed by atoms with van der Waals surface area (Å²) in [6, 6.07) is 8.57. The molecule has 2 nitrogen and oxygen atoms in total. The quantitative estimate of drug-likeness (QED) is 0.850. The van der Waals surface area contributed by atoms with Gasteiger partial charge in [-0.2, -0.15) is 0 Å². The van der Waals surface area contributed by atoms with Gasteiger partial charge in [-0.3, -0.25) is 4.90 Å². The highest BCUT2D eigenvalue weighted by Gasteiger charge is 2.21. The van der Waals surface area contributed by atoms with Gasteiger partial charge in [-0.1, -0.05) is 28.1 Å². The molecule has 0 N–H and O–H groups in total. The Morgan fingerprint density at radius 2 is 2.00 bits per heavy atom. The Labute approximate surface area is 112 Å². The van der Waals surface area contributed by atoms with Gasteiger partial charge in [0.15, 0.2) is 0 Å². The monoisotopic (exact) mass is 297 g/mol. The van der Waals surface area contributed by atoms with Crippen LogP contribution >= 0.6 is 15.9 Å². The number of halogens is 1. The second-order valence-corrected chi connectivity index (χ2v) is 5.81.